The highest BCUT2D eigenvalue weighted by atomic mass is 32.1. The van der Waals surface area contributed by atoms with Crippen molar-refractivity contribution in [2.75, 3.05) is 14.2 Å². The molecule has 1 aliphatic rings. The number of methoxy groups -OCH3 is 2. The molecule has 1 heterocycles. The molecule has 6 nitrogen and oxygen atoms in total. The Labute approximate surface area is 217 Å². The quantitative estimate of drug-likeness (QED) is 0.393. The second kappa shape index (κ2) is 12.6. The SMILES string of the molecule is COc1ccc([C@H](C(=O)NC2CCCCC2)N(Cc2ccccc2)C(=O)Cc2cccs2)c(OC)c1. The minimum absolute atomic E-state index is 0.108. The van der Waals surface area contributed by atoms with E-state index in [0.717, 1.165) is 36.1 Å². The van der Waals surface area contributed by atoms with Gasteiger partial charge in [0.1, 0.15) is 17.5 Å². The molecule has 1 saturated carbocycles. The van der Waals surface area contributed by atoms with Crippen LogP contribution in [-0.2, 0) is 22.6 Å². The van der Waals surface area contributed by atoms with Gasteiger partial charge >= 0.3 is 0 Å². The summed E-state index contributed by atoms with van der Waals surface area (Å²) in [6.07, 6.45) is 5.55. The molecule has 1 aromatic heterocycles. The van der Waals surface area contributed by atoms with Crippen molar-refractivity contribution in [2.45, 2.75) is 57.2 Å². The van der Waals surface area contributed by atoms with Crippen LogP contribution in [0.25, 0.3) is 0 Å². The van der Waals surface area contributed by atoms with Gasteiger partial charge in [-0.3, -0.25) is 9.59 Å². The summed E-state index contributed by atoms with van der Waals surface area (Å²) in [6, 6.07) is 18.4. The Hall–Kier alpha value is -3.32. The van der Waals surface area contributed by atoms with Crippen LogP contribution in [0.2, 0.25) is 0 Å². The van der Waals surface area contributed by atoms with Crippen molar-refractivity contribution in [1.29, 1.82) is 0 Å². The average molecular weight is 507 g/mol. The van der Waals surface area contributed by atoms with E-state index in [1.165, 1.54) is 6.42 Å². The summed E-state index contributed by atoms with van der Waals surface area (Å²) in [5.41, 5.74) is 1.60. The van der Waals surface area contributed by atoms with Gasteiger partial charge in [-0.1, -0.05) is 55.7 Å². The summed E-state index contributed by atoms with van der Waals surface area (Å²) in [5, 5.41) is 5.22. The molecule has 0 unspecified atom stereocenters. The summed E-state index contributed by atoms with van der Waals surface area (Å²) in [5.74, 6) is 0.852. The normalized spacial score (nSPS) is 14.6. The van der Waals surface area contributed by atoms with E-state index < -0.39 is 6.04 Å². The Bertz CT molecular complexity index is 1130. The molecule has 1 atom stereocenters. The van der Waals surface area contributed by atoms with Gasteiger partial charge in [0.25, 0.3) is 0 Å². The van der Waals surface area contributed by atoms with E-state index in [1.54, 1.807) is 36.5 Å². The summed E-state index contributed by atoms with van der Waals surface area (Å²) in [4.78, 5) is 30.5. The highest BCUT2D eigenvalue weighted by Gasteiger charge is 2.35. The lowest BCUT2D eigenvalue weighted by molar-refractivity contribution is -0.141. The Kier molecular flexibility index (Phi) is 9.01. The molecule has 36 heavy (non-hydrogen) atoms. The first-order valence-corrected chi connectivity index (χ1v) is 13.3. The number of amides is 2. The van der Waals surface area contributed by atoms with Gasteiger partial charge in [0.15, 0.2) is 0 Å². The van der Waals surface area contributed by atoms with E-state index in [1.807, 2.05) is 60.0 Å². The van der Waals surface area contributed by atoms with Crippen LogP contribution in [0.4, 0.5) is 0 Å². The smallest absolute Gasteiger partial charge is 0.247 e. The summed E-state index contributed by atoms with van der Waals surface area (Å²) in [6.45, 7) is 0.309. The van der Waals surface area contributed by atoms with Crippen LogP contribution in [-0.4, -0.2) is 37.0 Å². The molecular formula is C29H34N2O4S. The van der Waals surface area contributed by atoms with Gasteiger partial charge in [-0.25, -0.2) is 0 Å². The number of carbonyl (C=O) groups is 2. The molecule has 0 saturated heterocycles. The fraction of sp³-hybridized carbons (Fsp3) is 0.379. The number of benzene rings is 2. The van der Waals surface area contributed by atoms with E-state index in [2.05, 4.69) is 5.32 Å². The maximum Gasteiger partial charge on any atom is 0.247 e. The van der Waals surface area contributed by atoms with Crippen molar-refractivity contribution in [3.8, 4) is 11.5 Å². The van der Waals surface area contributed by atoms with E-state index >= 15 is 0 Å². The number of thiophene rings is 1. The Balaban J connectivity index is 1.75. The lowest BCUT2D eigenvalue weighted by atomic mass is 9.94. The number of rotatable bonds is 10. The van der Waals surface area contributed by atoms with E-state index in [9.17, 15) is 9.59 Å². The molecule has 0 bridgehead atoms. The number of carbonyl (C=O) groups excluding carboxylic acids is 2. The monoisotopic (exact) mass is 506 g/mol. The summed E-state index contributed by atoms with van der Waals surface area (Å²) >= 11 is 1.54. The number of hydrogen-bond donors (Lipinski definition) is 1. The minimum Gasteiger partial charge on any atom is -0.497 e. The molecule has 1 aliphatic carbocycles. The fourth-order valence-electron chi connectivity index (χ4n) is 4.79. The standard InChI is InChI=1S/C29H34N2O4S/c1-34-23-15-16-25(26(18-23)35-2)28(29(33)30-22-12-7-4-8-13-22)31(20-21-10-5-3-6-11-21)27(32)19-24-14-9-17-36-24/h3,5-6,9-11,14-18,22,28H,4,7-8,12-13,19-20H2,1-2H3,(H,30,33)/t28-/m1/s1. The number of nitrogens with zero attached hydrogens (tertiary/aromatic N) is 1. The summed E-state index contributed by atoms with van der Waals surface area (Å²) < 4.78 is 11.1. The zero-order valence-corrected chi connectivity index (χ0v) is 21.8. The van der Waals surface area contributed by atoms with Crippen LogP contribution in [0.5, 0.6) is 11.5 Å². The van der Waals surface area contributed by atoms with E-state index in [-0.39, 0.29) is 24.3 Å². The van der Waals surface area contributed by atoms with Crippen LogP contribution >= 0.6 is 11.3 Å². The molecule has 0 spiro atoms. The molecule has 1 N–H and O–H groups in total. The molecule has 4 rings (SSSR count). The topological polar surface area (TPSA) is 67.9 Å². The fourth-order valence-corrected chi connectivity index (χ4v) is 5.49. The van der Waals surface area contributed by atoms with Gasteiger partial charge < -0.3 is 19.7 Å². The molecule has 0 radical (unpaired) electrons. The van der Waals surface area contributed by atoms with Gasteiger partial charge in [0.05, 0.1) is 20.6 Å². The van der Waals surface area contributed by atoms with Crippen LogP contribution < -0.4 is 14.8 Å². The number of hydrogen-bond acceptors (Lipinski definition) is 5. The van der Waals surface area contributed by atoms with Crippen molar-refractivity contribution in [3.63, 3.8) is 0 Å². The van der Waals surface area contributed by atoms with E-state index in [0.29, 0.717) is 23.6 Å². The van der Waals surface area contributed by atoms with Crippen LogP contribution in [0, 0.1) is 0 Å². The Morgan fingerprint density at radius 2 is 1.78 bits per heavy atom. The molecule has 190 valence electrons. The molecule has 1 fully saturated rings. The zero-order valence-electron chi connectivity index (χ0n) is 20.9. The second-order valence-corrected chi connectivity index (χ2v) is 10.1. The lowest BCUT2D eigenvalue weighted by Gasteiger charge is -2.34. The highest BCUT2D eigenvalue weighted by Crippen LogP contribution is 2.35. The largest absolute Gasteiger partial charge is 0.497 e. The third-order valence-electron chi connectivity index (χ3n) is 6.67. The first kappa shape index (κ1) is 25.8. The van der Waals surface area contributed by atoms with Crippen LogP contribution in [0.15, 0.2) is 66.0 Å². The van der Waals surface area contributed by atoms with Gasteiger partial charge in [-0.05, 0) is 42.0 Å². The molecule has 7 heteroatoms. The number of nitrogens with one attached hydrogen (secondary N) is 1. The van der Waals surface area contributed by atoms with Crippen molar-refractivity contribution >= 4 is 23.2 Å². The predicted octanol–water partition coefficient (Wildman–Crippen LogP) is 5.53. The van der Waals surface area contributed by atoms with Crippen LogP contribution in [0.1, 0.15) is 54.1 Å². The molecular weight excluding hydrogens is 472 g/mol. The molecule has 2 amide bonds. The van der Waals surface area contributed by atoms with E-state index in [4.69, 9.17) is 9.47 Å². The second-order valence-electron chi connectivity index (χ2n) is 9.12. The van der Waals surface area contributed by atoms with Crippen molar-refractivity contribution in [2.24, 2.45) is 0 Å². The van der Waals surface area contributed by atoms with Gasteiger partial charge in [0, 0.05) is 29.1 Å². The van der Waals surface area contributed by atoms with Gasteiger partial charge in [-0.15, -0.1) is 11.3 Å². The lowest BCUT2D eigenvalue weighted by Crippen LogP contribution is -2.47. The molecule has 3 aromatic rings. The highest BCUT2D eigenvalue weighted by molar-refractivity contribution is 7.10. The Morgan fingerprint density at radius 1 is 1.00 bits per heavy atom. The van der Waals surface area contributed by atoms with Gasteiger partial charge in [-0.2, -0.15) is 0 Å². The Morgan fingerprint density at radius 3 is 2.44 bits per heavy atom. The molecule has 2 aromatic carbocycles. The maximum absolute atomic E-state index is 14.0. The van der Waals surface area contributed by atoms with Crippen molar-refractivity contribution in [3.05, 3.63) is 82.0 Å². The third kappa shape index (κ3) is 6.46. The van der Waals surface area contributed by atoms with Crippen molar-refractivity contribution < 1.29 is 19.1 Å². The average Bonchev–Trinajstić information content (AvgIpc) is 3.42. The maximum atomic E-state index is 14.0. The molecule has 0 aliphatic heterocycles. The summed E-state index contributed by atoms with van der Waals surface area (Å²) in [7, 11) is 3.16. The first-order chi connectivity index (χ1) is 17.6. The zero-order chi connectivity index (χ0) is 25.3. The number of ether oxygens (including phenoxy) is 2. The third-order valence-corrected chi connectivity index (χ3v) is 7.54. The van der Waals surface area contributed by atoms with Crippen LogP contribution in [0.3, 0.4) is 0 Å². The first-order valence-electron chi connectivity index (χ1n) is 12.5. The van der Waals surface area contributed by atoms with Gasteiger partial charge in [0.2, 0.25) is 11.8 Å². The predicted molar refractivity (Wildman–Crippen MR) is 142 cm³/mol. The van der Waals surface area contributed by atoms with Crippen molar-refractivity contribution in [1.82, 2.24) is 10.2 Å². The minimum atomic E-state index is -0.847.